The molecule has 0 saturated carbocycles. The number of nitrogens with one attached hydrogen (secondary N) is 1. The van der Waals surface area contributed by atoms with Crippen LogP contribution in [-0.2, 0) is 9.53 Å². The highest BCUT2D eigenvalue weighted by Gasteiger charge is 2.38. The number of carboxylic acid groups (broad SMARTS) is 2. The smallest absolute Gasteiger partial charge is 0.478 e. The number of aliphatic imine (C=N–C) groups is 1. The predicted octanol–water partition coefficient (Wildman–Crippen LogP) is 4.44. The van der Waals surface area contributed by atoms with Crippen LogP contribution in [0.3, 0.4) is 0 Å². The molecule has 0 bridgehead atoms. The zero-order valence-corrected chi connectivity index (χ0v) is 21.1. The molecule has 0 spiro atoms. The van der Waals surface area contributed by atoms with Crippen molar-refractivity contribution in [2.24, 2.45) is 4.99 Å². The van der Waals surface area contributed by atoms with Gasteiger partial charge in [0.15, 0.2) is 5.96 Å². The van der Waals surface area contributed by atoms with E-state index in [1.165, 1.54) is 0 Å². The fourth-order valence-electron chi connectivity index (χ4n) is 3.92. The van der Waals surface area contributed by atoms with Crippen LogP contribution in [0.2, 0.25) is 5.02 Å². The van der Waals surface area contributed by atoms with Crippen molar-refractivity contribution in [3.63, 3.8) is 0 Å². The monoisotopic (exact) mass is 556 g/mol. The number of carboxylic acids is 2. The third-order valence-corrected chi connectivity index (χ3v) is 6.17. The third kappa shape index (κ3) is 8.52. The van der Waals surface area contributed by atoms with E-state index >= 15 is 0 Å². The number of nitrogens with zero attached hydrogens (tertiary/aromatic N) is 3. The molecule has 4 rings (SSSR count). The summed E-state index contributed by atoms with van der Waals surface area (Å²) in [7, 11) is 0. The van der Waals surface area contributed by atoms with Crippen molar-refractivity contribution in [1.29, 1.82) is 0 Å². The Labute approximate surface area is 222 Å². The molecule has 0 radical (unpaired) electrons. The first kappa shape index (κ1) is 29.1. The molecule has 2 saturated heterocycles. The highest BCUT2D eigenvalue weighted by molar-refractivity contribution is 6.33. The fourth-order valence-corrected chi connectivity index (χ4v) is 4.18. The van der Waals surface area contributed by atoms with Crippen molar-refractivity contribution in [3.05, 3.63) is 59.1 Å². The first-order chi connectivity index (χ1) is 18.0. The van der Waals surface area contributed by atoms with Gasteiger partial charge in [-0.15, -0.1) is 0 Å². The molecule has 1 unspecified atom stereocenters. The molecule has 1 atom stereocenters. The number of para-hydroxylation sites is 1. The van der Waals surface area contributed by atoms with Crippen molar-refractivity contribution >= 4 is 40.9 Å². The summed E-state index contributed by atoms with van der Waals surface area (Å²) >= 11 is 6.37. The van der Waals surface area contributed by atoms with Gasteiger partial charge in [-0.25, -0.2) is 9.59 Å². The molecule has 0 aromatic heterocycles. The molecule has 3 N–H and O–H groups in total. The number of halogens is 4. The van der Waals surface area contributed by atoms with E-state index < -0.39 is 18.1 Å². The number of hydrogen-bond donors (Lipinski definition) is 3. The van der Waals surface area contributed by atoms with E-state index in [4.69, 9.17) is 31.2 Å². The van der Waals surface area contributed by atoms with E-state index in [0.717, 1.165) is 62.3 Å². The second-order valence-electron chi connectivity index (χ2n) is 8.54. The minimum Gasteiger partial charge on any atom is -0.478 e. The van der Waals surface area contributed by atoms with Crippen LogP contribution in [0.4, 0.5) is 24.5 Å². The van der Waals surface area contributed by atoms with E-state index in [0.29, 0.717) is 12.2 Å². The number of rotatable bonds is 5. The molecule has 2 heterocycles. The summed E-state index contributed by atoms with van der Waals surface area (Å²) in [6, 6.07) is 14.7. The van der Waals surface area contributed by atoms with Crippen molar-refractivity contribution < 1.29 is 37.7 Å². The number of piperazine rings is 1. The Balaban J connectivity index is 0.000000505. The van der Waals surface area contributed by atoms with Gasteiger partial charge < -0.3 is 30.1 Å². The summed E-state index contributed by atoms with van der Waals surface area (Å²) in [5, 5.41) is 20.5. The van der Waals surface area contributed by atoms with E-state index in [2.05, 4.69) is 15.1 Å². The van der Waals surface area contributed by atoms with Gasteiger partial charge in [0.2, 0.25) is 0 Å². The first-order valence-corrected chi connectivity index (χ1v) is 12.2. The maximum absolute atomic E-state index is 11.3. The molecule has 13 heteroatoms. The number of hydrogen-bond acceptors (Lipinski definition) is 5. The van der Waals surface area contributed by atoms with Crippen LogP contribution in [0.15, 0.2) is 53.5 Å². The second kappa shape index (κ2) is 13.3. The van der Waals surface area contributed by atoms with Crippen molar-refractivity contribution in [2.75, 3.05) is 49.5 Å². The predicted molar refractivity (Wildman–Crippen MR) is 137 cm³/mol. The first-order valence-electron chi connectivity index (χ1n) is 11.9. The number of guanidine groups is 1. The summed E-state index contributed by atoms with van der Waals surface area (Å²) in [4.78, 5) is 29.5. The van der Waals surface area contributed by atoms with Crippen LogP contribution in [0.1, 0.15) is 23.2 Å². The van der Waals surface area contributed by atoms with Gasteiger partial charge in [0, 0.05) is 38.5 Å². The lowest BCUT2D eigenvalue weighted by molar-refractivity contribution is -0.192. The molecule has 2 aliphatic heterocycles. The summed E-state index contributed by atoms with van der Waals surface area (Å²) in [6.45, 7) is 4.58. The number of anilines is 2. The minimum atomic E-state index is -5.08. The van der Waals surface area contributed by atoms with E-state index in [9.17, 15) is 23.1 Å². The number of carbonyl (C=O) groups is 2. The molecular weight excluding hydrogens is 529 g/mol. The Morgan fingerprint density at radius 3 is 2.34 bits per heavy atom. The van der Waals surface area contributed by atoms with Gasteiger partial charge in [-0.1, -0.05) is 29.8 Å². The normalized spacial score (nSPS) is 18.0. The van der Waals surface area contributed by atoms with Crippen molar-refractivity contribution in [3.8, 4) is 0 Å². The SMILES string of the molecule is O=C(O)C(F)(F)F.O=C(O)c1cccc(NC(=NCC2CCCO2)N2CCN(c3ccccc3Cl)CC2)c1. The lowest BCUT2D eigenvalue weighted by atomic mass is 10.2. The number of alkyl halides is 3. The van der Waals surface area contributed by atoms with Crippen LogP contribution in [-0.4, -0.2) is 84.6 Å². The van der Waals surface area contributed by atoms with Crippen LogP contribution < -0.4 is 10.2 Å². The van der Waals surface area contributed by atoms with Gasteiger partial charge >= 0.3 is 18.1 Å². The Morgan fingerprint density at radius 1 is 1.08 bits per heavy atom. The highest BCUT2D eigenvalue weighted by Crippen LogP contribution is 2.26. The lowest BCUT2D eigenvalue weighted by Crippen LogP contribution is -2.51. The Morgan fingerprint density at radius 2 is 1.76 bits per heavy atom. The van der Waals surface area contributed by atoms with Gasteiger partial charge in [-0.2, -0.15) is 13.2 Å². The molecule has 2 aromatic rings. The number of ether oxygens (including phenoxy) is 1. The fraction of sp³-hybridized carbons (Fsp3) is 0.400. The zero-order valence-electron chi connectivity index (χ0n) is 20.3. The molecule has 2 aliphatic rings. The average Bonchev–Trinajstić information content (AvgIpc) is 3.41. The van der Waals surface area contributed by atoms with Gasteiger partial charge in [0.25, 0.3) is 0 Å². The third-order valence-electron chi connectivity index (χ3n) is 5.85. The Hall–Kier alpha value is -3.51. The summed E-state index contributed by atoms with van der Waals surface area (Å²) in [5.74, 6) is -2.96. The molecule has 38 heavy (non-hydrogen) atoms. The van der Waals surface area contributed by atoms with E-state index in [1.807, 2.05) is 30.3 Å². The molecule has 206 valence electrons. The number of aliphatic carboxylic acids is 1. The van der Waals surface area contributed by atoms with Gasteiger partial charge in [0.05, 0.1) is 28.9 Å². The maximum atomic E-state index is 11.3. The topological polar surface area (TPSA) is 115 Å². The van der Waals surface area contributed by atoms with Gasteiger partial charge in [-0.05, 0) is 43.2 Å². The summed E-state index contributed by atoms with van der Waals surface area (Å²) in [5.41, 5.74) is 2.00. The molecule has 0 aliphatic carbocycles. The lowest BCUT2D eigenvalue weighted by Gasteiger charge is -2.38. The second-order valence-corrected chi connectivity index (χ2v) is 8.95. The number of benzene rings is 2. The van der Waals surface area contributed by atoms with Crippen LogP contribution in [0, 0.1) is 0 Å². The zero-order chi connectivity index (χ0) is 27.7. The number of aromatic carboxylic acids is 1. The maximum Gasteiger partial charge on any atom is 0.490 e. The van der Waals surface area contributed by atoms with Crippen LogP contribution in [0.5, 0.6) is 0 Å². The largest absolute Gasteiger partial charge is 0.490 e. The highest BCUT2D eigenvalue weighted by atomic mass is 35.5. The minimum absolute atomic E-state index is 0.145. The average molecular weight is 557 g/mol. The Kier molecular flexibility index (Phi) is 10.2. The molecular formula is C25H28ClF3N4O5. The standard InChI is InChI=1S/C23H27ClN4O3.C2HF3O2/c24-20-8-1-2-9-21(20)27-10-12-28(13-11-27)23(25-16-19-7-4-14-31-19)26-18-6-3-5-17(15-18)22(29)30;3-2(4,5)1(6)7/h1-3,5-6,8-9,15,19H,4,7,10-14,16H2,(H,25,26)(H,29,30);(H,6,7). The molecule has 2 fully saturated rings. The van der Waals surface area contributed by atoms with Crippen LogP contribution >= 0.6 is 11.6 Å². The van der Waals surface area contributed by atoms with Gasteiger partial charge in [-0.3, -0.25) is 4.99 Å². The molecule has 2 aromatic carbocycles. The van der Waals surface area contributed by atoms with Crippen molar-refractivity contribution in [1.82, 2.24) is 4.90 Å². The van der Waals surface area contributed by atoms with Crippen molar-refractivity contribution in [2.45, 2.75) is 25.1 Å². The van der Waals surface area contributed by atoms with Gasteiger partial charge in [0.1, 0.15) is 0 Å². The van der Waals surface area contributed by atoms with E-state index in [-0.39, 0.29) is 11.7 Å². The van der Waals surface area contributed by atoms with E-state index in [1.54, 1.807) is 18.2 Å². The summed E-state index contributed by atoms with van der Waals surface area (Å²) in [6.07, 6.45) is -2.85. The quantitative estimate of drug-likeness (QED) is 0.366. The molecule has 9 nitrogen and oxygen atoms in total. The summed E-state index contributed by atoms with van der Waals surface area (Å²) < 4.78 is 37.5. The Bertz CT molecular complexity index is 1130. The molecule has 0 amide bonds. The van der Waals surface area contributed by atoms with Crippen LogP contribution in [0.25, 0.3) is 0 Å².